The molecular formula is C8H8N2O3. The van der Waals surface area contributed by atoms with E-state index in [-0.39, 0.29) is 5.56 Å². The van der Waals surface area contributed by atoms with Gasteiger partial charge in [-0.2, -0.15) is 5.10 Å². The fourth-order valence-corrected chi connectivity index (χ4v) is 0.811. The van der Waals surface area contributed by atoms with Crippen LogP contribution < -0.4 is 5.56 Å². The monoisotopic (exact) mass is 180 g/mol. The van der Waals surface area contributed by atoms with E-state index in [4.69, 9.17) is 5.11 Å². The molecule has 68 valence electrons. The molecular weight excluding hydrogens is 172 g/mol. The first-order valence-corrected chi connectivity index (χ1v) is 3.57. The van der Waals surface area contributed by atoms with E-state index in [0.717, 1.165) is 6.08 Å². The smallest absolute Gasteiger partial charge is 0.328 e. The van der Waals surface area contributed by atoms with Crippen molar-refractivity contribution in [3.63, 3.8) is 0 Å². The average Bonchev–Trinajstić information content (AvgIpc) is 2.06. The lowest BCUT2D eigenvalue weighted by Crippen LogP contribution is -2.11. The van der Waals surface area contributed by atoms with Gasteiger partial charge in [-0.1, -0.05) is 0 Å². The average molecular weight is 180 g/mol. The highest BCUT2D eigenvalue weighted by molar-refractivity contribution is 5.85. The Morgan fingerprint density at radius 2 is 2.38 bits per heavy atom. The molecule has 0 spiro atoms. The second-order valence-electron chi connectivity index (χ2n) is 2.47. The van der Waals surface area contributed by atoms with Crippen LogP contribution in [0.2, 0.25) is 0 Å². The zero-order valence-corrected chi connectivity index (χ0v) is 6.94. The van der Waals surface area contributed by atoms with Gasteiger partial charge in [0, 0.05) is 11.6 Å². The van der Waals surface area contributed by atoms with Gasteiger partial charge < -0.3 is 5.11 Å². The molecule has 0 aliphatic heterocycles. The zero-order valence-electron chi connectivity index (χ0n) is 6.94. The number of H-pyrrole nitrogens is 1. The summed E-state index contributed by atoms with van der Waals surface area (Å²) in [5, 5.41) is 14.2. The molecule has 0 bridgehead atoms. The lowest BCUT2D eigenvalue weighted by Gasteiger charge is -1.92. The number of carboxylic acid groups (broad SMARTS) is 1. The van der Waals surface area contributed by atoms with Crippen molar-refractivity contribution in [2.45, 2.75) is 6.92 Å². The topological polar surface area (TPSA) is 83.0 Å². The highest BCUT2D eigenvalue weighted by Crippen LogP contribution is 1.95. The third-order valence-corrected chi connectivity index (χ3v) is 1.37. The van der Waals surface area contributed by atoms with Crippen molar-refractivity contribution in [1.29, 1.82) is 0 Å². The molecule has 1 aromatic rings. The number of aromatic nitrogens is 2. The van der Waals surface area contributed by atoms with Crippen molar-refractivity contribution in [2.24, 2.45) is 0 Å². The minimum Gasteiger partial charge on any atom is -0.478 e. The number of nitrogens with zero attached hydrogens (tertiary/aromatic N) is 1. The van der Waals surface area contributed by atoms with Crippen LogP contribution in [0, 0.1) is 6.92 Å². The van der Waals surface area contributed by atoms with Gasteiger partial charge in [-0.15, -0.1) is 0 Å². The fraction of sp³-hybridized carbons (Fsp3) is 0.125. The molecule has 0 saturated heterocycles. The summed E-state index contributed by atoms with van der Waals surface area (Å²) in [7, 11) is 0. The van der Waals surface area contributed by atoms with Crippen molar-refractivity contribution in [3.8, 4) is 0 Å². The maximum atomic E-state index is 11.0. The van der Waals surface area contributed by atoms with Crippen LogP contribution in [0.3, 0.4) is 0 Å². The molecule has 0 radical (unpaired) electrons. The zero-order chi connectivity index (χ0) is 9.84. The third-order valence-electron chi connectivity index (χ3n) is 1.37. The van der Waals surface area contributed by atoms with E-state index in [1.165, 1.54) is 12.1 Å². The summed E-state index contributed by atoms with van der Waals surface area (Å²) in [6.45, 7) is 1.70. The minimum absolute atomic E-state index is 0.287. The first kappa shape index (κ1) is 9.18. The van der Waals surface area contributed by atoms with Crippen LogP contribution in [0.15, 0.2) is 16.9 Å². The van der Waals surface area contributed by atoms with Crippen LogP contribution in [0.4, 0.5) is 0 Å². The number of aryl methyl sites for hydroxylation is 1. The van der Waals surface area contributed by atoms with Crippen LogP contribution in [-0.4, -0.2) is 21.3 Å². The number of hydrogen-bond donors (Lipinski definition) is 2. The third kappa shape index (κ3) is 2.55. The van der Waals surface area contributed by atoms with Gasteiger partial charge in [0.25, 0.3) is 5.56 Å². The molecule has 13 heavy (non-hydrogen) atoms. The largest absolute Gasteiger partial charge is 0.478 e. The second-order valence-corrected chi connectivity index (χ2v) is 2.47. The predicted octanol–water partition coefficient (Wildman–Crippen LogP) is 0.176. The van der Waals surface area contributed by atoms with Crippen LogP contribution in [0.5, 0.6) is 0 Å². The number of hydrogen-bond acceptors (Lipinski definition) is 3. The van der Waals surface area contributed by atoms with E-state index in [2.05, 4.69) is 10.2 Å². The van der Waals surface area contributed by atoms with E-state index < -0.39 is 11.5 Å². The number of aromatic amines is 1. The maximum absolute atomic E-state index is 11.0. The Bertz CT molecular complexity index is 406. The standard InChI is InChI=1S/C8H8N2O3/c1-5-4-6(2-3-7(11)12)8(13)10-9-5/h2-4H,1H3,(H,10,13)(H,11,12)/b3-2+. The Balaban J connectivity index is 3.07. The normalized spacial score (nSPS) is 10.5. The Morgan fingerprint density at radius 3 is 3.00 bits per heavy atom. The number of carbonyl (C=O) groups is 1. The minimum atomic E-state index is -1.09. The number of rotatable bonds is 2. The number of nitrogens with one attached hydrogen (secondary N) is 1. The van der Waals surface area contributed by atoms with Crippen molar-refractivity contribution >= 4 is 12.0 Å². The molecule has 0 amide bonds. The van der Waals surface area contributed by atoms with E-state index in [9.17, 15) is 9.59 Å². The summed E-state index contributed by atoms with van der Waals surface area (Å²) >= 11 is 0. The van der Waals surface area contributed by atoms with Crippen molar-refractivity contribution in [2.75, 3.05) is 0 Å². The Kier molecular flexibility index (Phi) is 2.59. The molecule has 5 heteroatoms. The quantitative estimate of drug-likeness (QED) is 0.636. The van der Waals surface area contributed by atoms with Gasteiger partial charge in [-0.3, -0.25) is 4.79 Å². The fourth-order valence-electron chi connectivity index (χ4n) is 0.811. The predicted molar refractivity (Wildman–Crippen MR) is 46.3 cm³/mol. The van der Waals surface area contributed by atoms with E-state index in [1.54, 1.807) is 6.92 Å². The summed E-state index contributed by atoms with van der Waals surface area (Å²) in [5.41, 5.74) is 0.516. The summed E-state index contributed by atoms with van der Waals surface area (Å²) in [6, 6.07) is 1.51. The molecule has 1 heterocycles. The molecule has 0 saturated carbocycles. The van der Waals surface area contributed by atoms with Gasteiger partial charge in [0.1, 0.15) is 0 Å². The summed E-state index contributed by atoms with van der Waals surface area (Å²) in [4.78, 5) is 21.2. The molecule has 0 fully saturated rings. The SMILES string of the molecule is Cc1cc(/C=C/C(=O)O)c(=O)[nH]n1. The molecule has 0 aliphatic rings. The van der Waals surface area contributed by atoms with Gasteiger partial charge in [0.2, 0.25) is 0 Å². The molecule has 5 nitrogen and oxygen atoms in total. The van der Waals surface area contributed by atoms with Crippen molar-refractivity contribution in [3.05, 3.63) is 33.8 Å². The first-order valence-electron chi connectivity index (χ1n) is 3.57. The highest BCUT2D eigenvalue weighted by Gasteiger charge is 1.96. The van der Waals surface area contributed by atoms with Gasteiger partial charge in [0.15, 0.2) is 0 Å². The summed E-state index contributed by atoms with van der Waals surface area (Å²) in [5.74, 6) is -1.09. The highest BCUT2D eigenvalue weighted by atomic mass is 16.4. The lowest BCUT2D eigenvalue weighted by molar-refractivity contribution is -0.131. The Hall–Kier alpha value is -1.91. The van der Waals surface area contributed by atoms with Crippen LogP contribution in [0.25, 0.3) is 6.08 Å². The van der Waals surface area contributed by atoms with Gasteiger partial charge in [-0.05, 0) is 19.1 Å². The van der Waals surface area contributed by atoms with E-state index >= 15 is 0 Å². The Morgan fingerprint density at radius 1 is 1.69 bits per heavy atom. The Labute approximate surface area is 73.7 Å². The molecule has 1 rings (SSSR count). The number of aliphatic carboxylic acids is 1. The molecule has 0 unspecified atom stereocenters. The molecule has 1 aromatic heterocycles. The maximum Gasteiger partial charge on any atom is 0.328 e. The molecule has 0 atom stereocenters. The van der Waals surface area contributed by atoms with Gasteiger partial charge in [-0.25, -0.2) is 9.89 Å². The van der Waals surface area contributed by atoms with E-state index in [0.29, 0.717) is 5.69 Å². The van der Waals surface area contributed by atoms with Crippen LogP contribution in [-0.2, 0) is 4.79 Å². The summed E-state index contributed by atoms with van der Waals surface area (Å²) in [6.07, 6.45) is 2.14. The molecule has 0 aromatic carbocycles. The number of carboxylic acids is 1. The molecule has 0 aliphatic carbocycles. The van der Waals surface area contributed by atoms with Crippen LogP contribution >= 0.6 is 0 Å². The van der Waals surface area contributed by atoms with Gasteiger partial charge in [0.05, 0.1) is 5.69 Å². The molecule has 2 N–H and O–H groups in total. The van der Waals surface area contributed by atoms with Crippen LogP contribution in [0.1, 0.15) is 11.3 Å². The summed E-state index contributed by atoms with van der Waals surface area (Å²) < 4.78 is 0. The van der Waals surface area contributed by atoms with Crippen molar-refractivity contribution in [1.82, 2.24) is 10.2 Å². The van der Waals surface area contributed by atoms with E-state index in [1.807, 2.05) is 0 Å². The second kappa shape index (κ2) is 3.66. The van der Waals surface area contributed by atoms with Crippen molar-refractivity contribution < 1.29 is 9.90 Å². The van der Waals surface area contributed by atoms with Gasteiger partial charge >= 0.3 is 5.97 Å². The lowest BCUT2D eigenvalue weighted by atomic mass is 10.2. The first-order chi connectivity index (χ1) is 6.09.